The number of benzene rings is 8. The number of rotatable bonds is 5. The van der Waals surface area contributed by atoms with Crippen molar-refractivity contribution in [3.8, 4) is 22.3 Å². The first-order valence-electron chi connectivity index (χ1n) is 17.5. The maximum absolute atomic E-state index is 6.37. The molecule has 0 spiro atoms. The number of para-hydroxylation sites is 1. The predicted molar refractivity (Wildman–Crippen MR) is 225 cm³/mol. The lowest BCUT2D eigenvalue weighted by Crippen LogP contribution is -2.10. The topological polar surface area (TPSA) is 16.4 Å². The summed E-state index contributed by atoms with van der Waals surface area (Å²) >= 11 is 3.73. The van der Waals surface area contributed by atoms with Crippen LogP contribution in [0.1, 0.15) is 0 Å². The molecule has 3 heterocycles. The van der Waals surface area contributed by atoms with Crippen molar-refractivity contribution in [1.29, 1.82) is 0 Å². The Hall–Kier alpha value is -6.20. The largest absolute Gasteiger partial charge is 0.456 e. The summed E-state index contributed by atoms with van der Waals surface area (Å²) in [5.41, 5.74) is 9.92. The molecule has 0 atom stereocenters. The van der Waals surface area contributed by atoms with Gasteiger partial charge in [0.15, 0.2) is 0 Å². The maximum Gasteiger partial charge on any atom is 0.137 e. The fraction of sp³-hybridized carbons (Fsp3) is 0. The molecular weight excluding hydrogens is 671 g/mol. The number of thiophene rings is 2. The van der Waals surface area contributed by atoms with Crippen LogP contribution in [0.25, 0.3) is 84.5 Å². The zero-order valence-corrected chi connectivity index (χ0v) is 29.5. The monoisotopic (exact) mass is 699 g/mol. The average Bonchev–Trinajstić information content (AvgIpc) is 3.90. The minimum atomic E-state index is 0.880. The summed E-state index contributed by atoms with van der Waals surface area (Å²) in [6.45, 7) is 0. The van der Waals surface area contributed by atoms with Crippen LogP contribution in [-0.4, -0.2) is 0 Å². The summed E-state index contributed by atoms with van der Waals surface area (Å²) in [6.07, 6.45) is 0. The minimum Gasteiger partial charge on any atom is -0.456 e. The molecule has 0 fully saturated rings. The zero-order valence-electron chi connectivity index (χ0n) is 27.9. The van der Waals surface area contributed by atoms with Crippen LogP contribution in [0.15, 0.2) is 180 Å². The van der Waals surface area contributed by atoms with Crippen LogP contribution in [0.3, 0.4) is 0 Å². The Labute approximate surface area is 308 Å². The zero-order chi connectivity index (χ0) is 34.2. The molecule has 4 heteroatoms. The van der Waals surface area contributed by atoms with Gasteiger partial charge in [-0.05, 0) is 82.9 Å². The van der Waals surface area contributed by atoms with Crippen LogP contribution in [-0.2, 0) is 0 Å². The molecule has 0 radical (unpaired) electrons. The molecule has 0 amide bonds. The smallest absolute Gasteiger partial charge is 0.137 e. The highest BCUT2D eigenvalue weighted by molar-refractivity contribution is 7.26. The van der Waals surface area contributed by atoms with E-state index in [1.807, 2.05) is 28.7 Å². The fourth-order valence-corrected chi connectivity index (χ4v) is 10.2. The van der Waals surface area contributed by atoms with Crippen LogP contribution in [0.4, 0.5) is 17.1 Å². The van der Waals surface area contributed by atoms with E-state index >= 15 is 0 Å². The normalized spacial score (nSPS) is 11.8. The molecule has 0 N–H and O–H groups in total. The molecule has 0 bridgehead atoms. The van der Waals surface area contributed by atoms with E-state index in [9.17, 15) is 0 Å². The van der Waals surface area contributed by atoms with Gasteiger partial charge in [0, 0.05) is 57.1 Å². The van der Waals surface area contributed by atoms with Crippen LogP contribution in [0.2, 0.25) is 0 Å². The van der Waals surface area contributed by atoms with Gasteiger partial charge in [-0.15, -0.1) is 22.7 Å². The van der Waals surface area contributed by atoms with E-state index in [2.05, 4.69) is 175 Å². The van der Waals surface area contributed by atoms with Gasteiger partial charge in [-0.25, -0.2) is 0 Å². The first-order valence-corrected chi connectivity index (χ1v) is 19.1. The molecule has 3 aromatic heterocycles. The summed E-state index contributed by atoms with van der Waals surface area (Å²) in [5.74, 6) is 0. The highest BCUT2D eigenvalue weighted by Gasteiger charge is 2.20. The molecule has 0 saturated carbocycles. The fourth-order valence-electron chi connectivity index (χ4n) is 7.84. The Kier molecular flexibility index (Phi) is 6.63. The minimum absolute atomic E-state index is 0.880. The van der Waals surface area contributed by atoms with Crippen molar-refractivity contribution in [3.63, 3.8) is 0 Å². The molecule has 0 aliphatic carbocycles. The Morgan fingerprint density at radius 2 is 0.962 bits per heavy atom. The SMILES string of the molecule is c1ccc2c(c1)oc1cccc(N(c3ccc(-c4ccc5c(c4)sc4ccccc45)cc3)c3ccc(-c4cccc5c4sc4ccccc45)cc3)c12. The second-order valence-corrected chi connectivity index (χ2v) is 15.4. The van der Waals surface area contributed by atoms with Crippen LogP contribution >= 0.6 is 22.7 Å². The van der Waals surface area contributed by atoms with Crippen LogP contribution in [0, 0.1) is 0 Å². The van der Waals surface area contributed by atoms with Gasteiger partial charge in [-0.1, -0.05) is 115 Å². The highest BCUT2D eigenvalue weighted by Crippen LogP contribution is 2.45. The molecule has 11 aromatic rings. The molecule has 52 heavy (non-hydrogen) atoms. The third-order valence-electron chi connectivity index (χ3n) is 10.3. The van der Waals surface area contributed by atoms with Crippen molar-refractivity contribution >= 4 is 102 Å². The summed E-state index contributed by atoms with van der Waals surface area (Å²) in [6, 6.07) is 63.7. The van der Waals surface area contributed by atoms with Crippen LogP contribution < -0.4 is 4.90 Å². The summed E-state index contributed by atoms with van der Waals surface area (Å²) in [7, 11) is 0. The molecule has 11 rings (SSSR count). The second-order valence-electron chi connectivity index (χ2n) is 13.3. The van der Waals surface area contributed by atoms with E-state index in [1.54, 1.807) is 0 Å². The van der Waals surface area contributed by atoms with E-state index in [1.165, 1.54) is 62.6 Å². The van der Waals surface area contributed by atoms with E-state index in [-0.39, 0.29) is 0 Å². The Morgan fingerprint density at radius 3 is 1.75 bits per heavy atom. The predicted octanol–water partition coefficient (Wildman–Crippen LogP) is 15.1. The van der Waals surface area contributed by atoms with E-state index in [4.69, 9.17) is 4.42 Å². The summed E-state index contributed by atoms with van der Waals surface area (Å²) < 4.78 is 11.7. The van der Waals surface area contributed by atoms with Crippen molar-refractivity contribution in [1.82, 2.24) is 0 Å². The highest BCUT2D eigenvalue weighted by atomic mass is 32.1. The van der Waals surface area contributed by atoms with E-state index in [0.717, 1.165) is 39.0 Å². The molecule has 0 saturated heterocycles. The molecule has 0 aliphatic heterocycles. The van der Waals surface area contributed by atoms with Gasteiger partial charge in [0.25, 0.3) is 0 Å². The maximum atomic E-state index is 6.37. The number of fused-ring (bicyclic) bond motifs is 9. The Morgan fingerprint density at radius 1 is 0.385 bits per heavy atom. The van der Waals surface area contributed by atoms with E-state index in [0.29, 0.717) is 0 Å². The van der Waals surface area contributed by atoms with Crippen molar-refractivity contribution in [2.24, 2.45) is 0 Å². The Balaban J connectivity index is 1.04. The second kappa shape index (κ2) is 11.7. The van der Waals surface area contributed by atoms with Crippen molar-refractivity contribution < 1.29 is 4.42 Å². The van der Waals surface area contributed by atoms with Crippen molar-refractivity contribution in [2.75, 3.05) is 4.90 Å². The standard InChI is InChI=1S/C48H29NOS2/c1-4-15-42-40(11-1)47-41(14-8-16-43(47)50-42)49(33-24-19-30(20-25-33)32-23-28-38-36-9-2-5-17-44(36)51-46(38)29-32)34-26-21-31(22-27-34)35-12-7-13-39-37-10-3-6-18-45(37)52-48(35)39/h1-29H. The lowest BCUT2D eigenvalue weighted by atomic mass is 10.0. The molecule has 0 aliphatic rings. The number of furan rings is 1. The van der Waals surface area contributed by atoms with Gasteiger partial charge in [0.05, 0.1) is 11.1 Å². The van der Waals surface area contributed by atoms with Gasteiger partial charge in [0.1, 0.15) is 11.2 Å². The van der Waals surface area contributed by atoms with E-state index < -0.39 is 0 Å². The first-order chi connectivity index (χ1) is 25.8. The van der Waals surface area contributed by atoms with Gasteiger partial charge < -0.3 is 9.32 Å². The molecule has 2 nitrogen and oxygen atoms in total. The average molecular weight is 700 g/mol. The summed E-state index contributed by atoms with van der Waals surface area (Å²) in [5, 5.41) is 7.50. The van der Waals surface area contributed by atoms with Crippen LogP contribution in [0.5, 0.6) is 0 Å². The lowest BCUT2D eigenvalue weighted by Gasteiger charge is -2.26. The molecule has 0 unspecified atom stereocenters. The quantitative estimate of drug-likeness (QED) is 0.178. The number of nitrogens with zero attached hydrogens (tertiary/aromatic N) is 1. The van der Waals surface area contributed by atoms with Gasteiger partial charge >= 0.3 is 0 Å². The summed E-state index contributed by atoms with van der Waals surface area (Å²) in [4.78, 5) is 2.37. The van der Waals surface area contributed by atoms with Crippen molar-refractivity contribution in [3.05, 3.63) is 176 Å². The molecule has 8 aromatic carbocycles. The molecule has 244 valence electrons. The lowest BCUT2D eigenvalue weighted by molar-refractivity contribution is 0.669. The Bertz CT molecular complexity index is 3130. The number of hydrogen-bond donors (Lipinski definition) is 0. The third-order valence-corrected chi connectivity index (χ3v) is 12.7. The van der Waals surface area contributed by atoms with Gasteiger partial charge in [-0.3, -0.25) is 0 Å². The van der Waals surface area contributed by atoms with Gasteiger partial charge in [-0.2, -0.15) is 0 Å². The molecular formula is C48H29NOS2. The van der Waals surface area contributed by atoms with Gasteiger partial charge in [0.2, 0.25) is 0 Å². The van der Waals surface area contributed by atoms with Crippen molar-refractivity contribution in [2.45, 2.75) is 0 Å². The third kappa shape index (κ3) is 4.62. The number of hydrogen-bond acceptors (Lipinski definition) is 4. The number of anilines is 3. The first kappa shape index (κ1) is 29.5.